The van der Waals surface area contributed by atoms with Gasteiger partial charge in [0.05, 0.1) is 21.4 Å². The molecule has 0 radical (unpaired) electrons. The van der Waals surface area contributed by atoms with Crippen molar-refractivity contribution in [2.75, 3.05) is 22.9 Å². The van der Waals surface area contributed by atoms with Crippen LogP contribution in [0.3, 0.4) is 0 Å². The molecule has 0 atom stereocenters. The minimum absolute atomic E-state index is 0.868. The molecule has 26 heavy (non-hydrogen) atoms. The predicted octanol–water partition coefficient (Wildman–Crippen LogP) is 6.30. The van der Waals surface area contributed by atoms with Crippen LogP contribution in [0.25, 0.3) is 0 Å². The number of hydrogen-bond acceptors (Lipinski definition) is 5. The van der Waals surface area contributed by atoms with Gasteiger partial charge in [-0.2, -0.15) is 0 Å². The van der Waals surface area contributed by atoms with Crippen molar-refractivity contribution >= 4 is 52.0 Å². The van der Waals surface area contributed by atoms with Crippen molar-refractivity contribution in [2.24, 2.45) is 0 Å². The number of rotatable bonds is 4. The lowest BCUT2D eigenvalue weighted by Gasteiger charge is -2.19. The van der Waals surface area contributed by atoms with Crippen molar-refractivity contribution in [1.82, 2.24) is 0 Å². The molecule has 0 saturated carbocycles. The van der Waals surface area contributed by atoms with Gasteiger partial charge in [-0.15, -0.1) is 0 Å². The second kappa shape index (κ2) is 7.51. The van der Waals surface area contributed by atoms with Gasteiger partial charge < -0.3 is 9.80 Å². The number of thiocarbonyl (C=S) groups is 1. The molecule has 0 aromatic heterocycles. The molecule has 4 rings (SSSR count). The fourth-order valence-electron chi connectivity index (χ4n) is 3.26. The third kappa shape index (κ3) is 3.20. The van der Waals surface area contributed by atoms with Gasteiger partial charge in [0.15, 0.2) is 0 Å². The Morgan fingerprint density at radius 1 is 0.808 bits per heavy atom. The third-order valence-corrected chi connectivity index (χ3v) is 6.90. The Bertz CT molecular complexity index is 843. The summed E-state index contributed by atoms with van der Waals surface area (Å²) >= 11 is 9.32. The highest BCUT2D eigenvalue weighted by molar-refractivity contribution is 8.04. The Kier molecular flexibility index (Phi) is 5.11. The second-order valence-corrected chi connectivity index (χ2v) is 8.59. The SMILES string of the molecule is CCN1C(=CC(=S)C=C2Sc3ccccc3N2CC)Sc2ccccc21. The lowest BCUT2D eigenvalue weighted by molar-refractivity contribution is 1.00. The molecule has 0 spiro atoms. The topological polar surface area (TPSA) is 6.48 Å². The summed E-state index contributed by atoms with van der Waals surface area (Å²) < 4.78 is 0. The number of thioether (sulfide) groups is 2. The van der Waals surface area contributed by atoms with E-state index >= 15 is 0 Å². The quantitative estimate of drug-likeness (QED) is 0.440. The third-order valence-electron chi connectivity index (χ3n) is 4.44. The summed E-state index contributed by atoms with van der Waals surface area (Å²) in [6.07, 6.45) is 4.27. The van der Waals surface area contributed by atoms with Crippen LogP contribution in [-0.2, 0) is 0 Å². The van der Waals surface area contributed by atoms with Crippen LogP contribution in [0.2, 0.25) is 0 Å². The van der Waals surface area contributed by atoms with Crippen molar-refractivity contribution < 1.29 is 0 Å². The monoisotopic (exact) mass is 396 g/mol. The van der Waals surface area contributed by atoms with Crippen molar-refractivity contribution in [1.29, 1.82) is 0 Å². The molecule has 2 aliphatic rings. The highest BCUT2D eigenvalue weighted by Gasteiger charge is 2.25. The van der Waals surface area contributed by atoms with Gasteiger partial charge in [0.25, 0.3) is 0 Å². The molecule has 2 aromatic rings. The zero-order valence-electron chi connectivity index (χ0n) is 14.8. The normalized spacial score (nSPS) is 18.5. The molecule has 0 amide bonds. The van der Waals surface area contributed by atoms with Crippen molar-refractivity contribution in [3.63, 3.8) is 0 Å². The first kappa shape index (κ1) is 17.7. The number of fused-ring (bicyclic) bond motifs is 2. The van der Waals surface area contributed by atoms with E-state index in [0.717, 1.165) is 18.0 Å². The van der Waals surface area contributed by atoms with E-state index in [0.29, 0.717) is 0 Å². The molecular formula is C21H20N2S3. The number of nitrogens with zero attached hydrogens (tertiary/aromatic N) is 2. The maximum atomic E-state index is 5.72. The molecule has 0 fully saturated rings. The number of benzene rings is 2. The summed E-state index contributed by atoms with van der Waals surface area (Å²) in [5.41, 5.74) is 2.55. The van der Waals surface area contributed by atoms with E-state index in [2.05, 4.69) is 84.3 Å². The molecule has 2 nitrogen and oxygen atoms in total. The van der Waals surface area contributed by atoms with E-state index in [1.165, 1.54) is 31.2 Å². The second-order valence-electron chi connectivity index (χ2n) is 6.00. The molecule has 0 N–H and O–H groups in total. The van der Waals surface area contributed by atoms with Crippen LogP contribution in [0.1, 0.15) is 13.8 Å². The zero-order chi connectivity index (χ0) is 18.1. The standard InChI is InChI=1S/C21H20N2S3/c1-3-22-16-9-5-7-11-18(16)25-20(22)13-15(24)14-21-23(4-2)17-10-6-8-12-19(17)26-21/h5-14H,3-4H2,1-2H3. The fourth-order valence-corrected chi connectivity index (χ4v) is 5.99. The van der Waals surface area contributed by atoms with Crippen LogP contribution in [0.15, 0.2) is 80.5 Å². The molecule has 2 aliphatic heterocycles. The summed E-state index contributed by atoms with van der Waals surface area (Å²) in [6.45, 7) is 6.24. The Morgan fingerprint density at radius 2 is 1.23 bits per heavy atom. The molecular weight excluding hydrogens is 376 g/mol. The first-order valence-corrected chi connectivity index (χ1v) is 10.8. The first-order valence-electron chi connectivity index (χ1n) is 8.77. The number of para-hydroxylation sites is 2. The molecule has 2 heterocycles. The van der Waals surface area contributed by atoms with E-state index in [9.17, 15) is 0 Å². The first-order chi connectivity index (χ1) is 12.7. The minimum Gasteiger partial charge on any atom is -0.335 e. The van der Waals surface area contributed by atoms with Crippen LogP contribution in [0, 0.1) is 0 Å². The van der Waals surface area contributed by atoms with Gasteiger partial charge in [-0.1, -0.05) is 60.0 Å². The van der Waals surface area contributed by atoms with Crippen LogP contribution >= 0.6 is 35.7 Å². The van der Waals surface area contributed by atoms with Gasteiger partial charge in [0.1, 0.15) is 0 Å². The Hall–Kier alpha value is -1.69. The molecule has 0 aliphatic carbocycles. The van der Waals surface area contributed by atoms with E-state index in [-0.39, 0.29) is 0 Å². The van der Waals surface area contributed by atoms with Gasteiger partial charge in [-0.05, 0) is 50.3 Å². The van der Waals surface area contributed by atoms with E-state index in [1.807, 2.05) is 0 Å². The van der Waals surface area contributed by atoms with Crippen LogP contribution in [0.5, 0.6) is 0 Å². The lowest BCUT2D eigenvalue weighted by atomic mass is 10.3. The van der Waals surface area contributed by atoms with Crippen LogP contribution in [-0.4, -0.2) is 18.0 Å². The lowest BCUT2D eigenvalue weighted by Crippen LogP contribution is -2.18. The molecule has 0 unspecified atom stereocenters. The smallest absolute Gasteiger partial charge is 0.0815 e. The van der Waals surface area contributed by atoms with Gasteiger partial charge in [0.2, 0.25) is 0 Å². The summed E-state index contributed by atoms with van der Waals surface area (Å²) in [5.74, 6) is 0. The summed E-state index contributed by atoms with van der Waals surface area (Å²) in [6, 6.07) is 17.1. The van der Waals surface area contributed by atoms with Crippen molar-refractivity contribution in [3.05, 3.63) is 70.7 Å². The molecule has 132 valence electrons. The van der Waals surface area contributed by atoms with Crippen molar-refractivity contribution in [3.8, 4) is 0 Å². The maximum absolute atomic E-state index is 5.72. The summed E-state index contributed by atoms with van der Waals surface area (Å²) in [5, 5.41) is 2.42. The average molecular weight is 397 g/mol. The number of allylic oxidation sites excluding steroid dienone is 2. The molecule has 2 aromatic carbocycles. The molecule has 0 saturated heterocycles. The van der Waals surface area contributed by atoms with Gasteiger partial charge in [-0.25, -0.2) is 0 Å². The minimum atomic E-state index is 0.868. The number of hydrogen-bond donors (Lipinski definition) is 0. The fraction of sp³-hybridized carbons (Fsp3) is 0.190. The Labute approximate surface area is 169 Å². The van der Waals surface area contributed by atoms with Gasteiger partial charge >= 0.3 is 0 Å². The average Bonchev–Trinajstić information content (AvgIpc) is 3.17. The highest BCUT2D eigenvalue weighted by Crippen LogP contribution is 2.47. The zero-order valence-corrected chi connectivity index (χ0v) is 17.3. The van der Waals surface area contributed by atoms with E-state index < -0.39 is 0 Å². The van der Waals surface area contributed by atoms with Crippen LogP contribution in [0.4, 0.5) is 11.4 Å². The number of anilines is 2. The summed E-state index contributed by atoms with van der Waals surface area (Å²) in [7, 11) is 0. The van der Waals surface area contributed by atoms with Crippen LogP contribution < -0.4 is 9.80 Å². The van der Waals surface area contributed by atoms with Crippen molar-refractivity contribution in [2.45, 2.75) is 23.6 Å². The van der Waals surface area contributed by atoms with E-state index in [4.69, 9.17) is 12.2 Å². The summed E-state index contributed by atoms with van der Waals surface area (Å²) in [4.78, 5) is 8.13. The van der Waals surface area contributed by atoms with E-state index in [1.54, 1.807) is 23.5 Å². The van der Waals surface area contributed by atoms with Gasteiger partial charge in [0, 0.05) is 27.7 Å². The van der Waals surface area contributed by atoms with Gasteiger partial charge in [-0.3, -0.25) is 0 Å². The Balaban J connectivity index is 1.60. The molecule has 0 bridgehead atoms. The highest BCUT2D eigenvalue weighted by atomic mass is 32.2. The molecule has 5 heteroatoms. The predicted molar refractivity (Wildman–Crippen MR) is 119 cm³/mol. The largest absolute Gasteiger partial charge is 0.335 e. The maximum Gasteiger partial charge on any atom is 0.0815 e. The Morgan fingerprint density at radius 3 is 1.65 bits per heavy atom.